The number of esters is 3. The second-order valence-corrected chi connectivity index (χ2v) is 19.8. The molecule has 0 aromatic rings. The number of carbonyl (C=O) groups is 3. The largest absolute Gasteiger partial charge is 0.472 e. The van der Waals surface area contributed by atoms with Gasteiger partial charge in [0.25, 0.3) is 0 Å². The van der Waals surface area contributed by atoms with E-state index in [1.165, 1.54) is 25.7 Å². The molecule has 0 aromatic carbocycles. The van der Waals surface area contributed by atoms with Gasteiger partial charge in [-0.1, -0.05) is 194 Å². The molecule has 2 N–H and O–H groups in total. The number of ether oxygens (including phenoxy) is 3. The number of rotatable bonds is 51. The van der Waals surface area contributed by atoms with Gasteiger partial charge in [0.05, 0.1) is 19.8 Å². The smallest absolute Gasteiger partial charge is 0.462 e. The van der Waals surface area contributed by atoms with Gasteiger partial charge in [-0.3, -0.25) is 23.4 Å². The molecule has 420 valence electrons. The van der Waals surface area contributed by atoms with Gasteiger partial charge in [0.15, 0.2) is 6.10 Å². The minimum absolute atomic E-state index is 0.120. The molecule has 0 bridgehead atoms. The summed E-state index contributed by atoms with van der Waals surface area (Å²) >= 11 is 0. The molecule has 0 rings (SSSR count). The lowest BCUT2D eigenvalue weighted by Crippen LogP contribution is -2.30. The van der Waals surface area contributed by atoms with E-state index in [4.69, 9.17) is 23.3 Å². The average Bonchev–Trinajstić information content (AvgIpc) is 3.39. The lowest BCUT2D eigenvalue weighted by atomic mass is 10.1. The Labute approximate surface area is 449 Å². The van der Waals surface area contributed by atoms with Crippen LogP contribution in [0.25, 0.3) is 0 Å². The van der Waals surface area contributed by atoms with Crippen molar-refractivity contribution >= 4 is 25.7 Å². The van der Waals surface area contributed by atoms with Crippen LogP contribution in [0.4, 0.5) is 0 Å². The van der Waals surface area contributed by atoms with Crippen molar-refractivity contribution in [1.82, 2.24) is 0 Å². The minimum Gasteiger partial charge on any atom is -0.462 e. The molecule has 3 atom stereocenters. The maximum atomic E-state index is 12.9. The Bertz CT molecular complexity index is 1700. The molecular formula is C62H101O11P. The molecule has 0 aliphatic heterocycles. The lowest BCUT2D eigenvalue weighted by molar-refractivity contribution is -0.161. The topological polar surface area (TPSA) is 155 Å². The number of aliphatic hydroxyl groups is 1. The molecule has 0 fully saturated rings. The minimum atomic E-state index is -4.78. The summed E-state index contributed by atoms with van der Waals surface area (Å²) in [7, 11) is -4.78. The maximum absolute atomic E-state index is 12.9. The summed E-state index contributed by atoms with van der Waals surface area (Å²) in [4.78, 5) is 48.5. The first-order valence-electron chi connectivity index (χ1n) is 28.4. The molecule has 0 aliphatic rings. The SMILES string of the molecule is CC/C=C\C/C=C\C/C=C\C/C=C\C/C=C\CCCC(=O)OCC(COP(=O)(O)OCC(CO)OC(=O)CCCCCCC/C=C\CCCCCC)OC(=O)CCCCCC/C=C\C/C=C\C/C=C\C/C=C\CC. The van der Waals surface area contributed by atoms with Crippen LogP contribution in [-0.4, -0.2) is 66.5 Å². The van der Waals surface area contributed by atoms with E-state index in [9.17, 15) is 28.9 Å². The van der Waals surface area contributed by atoms with Gasteiger partial charge >= 0.3 is 25.7 Å². The molecule has 11 nitrogen and oxygen atoms in total. The van der Waals surface area contributed by atoms with Crippen molar-refractivity contribution < 1.29 is 52.2 Å². The van der Waals surface area contributed by atoms with Gasteiger partial charge in [-0.2, -0.15) is 0 Å². The van der Waals surface area contributed by atoms with Crippen LogP contribution in [0.3, 0.4) is 0 Å². The molecule has 0 aromatic heterocycles. The molecule has 0 aliphatic carbocycles. The van der Waals surface area contributed by atoms with Crippen molar-refractivity contribution in [3.05, 3.63) is 122 Å². The Morgan fingerprint density at radius 1 is 0.392 bits per heavy atom. The predicted molar refractivity (Wildman–Crippen MR) is 306 cm³/mol. The molecule has 0 saturated heterocycles. The zero-order valence-corrected chi connectivity index (χ0v) is 47.2. The number of phosphoric acid groups is 1. The monoisotopic (exact) mass is 1050 g/mol. The summed E-state index contributed by atoms with van der Waals surface area (Å²) in [6.45, 7) is 4.28. The molecular weight excluding hydrogens is 952 g/mol. The zero-order chi connectivity index (χ0) is 54.1. The third kappa shape index (κ3) is 52.7. The lowest BCUT2D eigenvalue weighted by Gasteiger charge is -2.21. The van der Waals surface area contributed by atoms with Crippen LogP contribution in [0, 0.1) is 0 Å². The van der Waals surface area contributed by atoms with E-state index in [0.29, 0.717) is 25.7 Å². The van der Waals surface area contributed by atoms with Gasteiger partial charge in [0, 0.05) is 19.3 Å². The second kappa shape index (κ2) is 55.1. The number of hydrogen-bond acceptors (Lipinski definition) is 10. The zero-order valence-electron chi connectivity index (χ0n) is 46.3. The van der Waals surface area contributed by atoms with Crippen molar-refractivity contribution in [2.75, 3.05) is 26.4 Å². The summed E-state index contributed by atoms with van der Waals surface area (Å²) < 4.78 is 39.4. The van der Waals surface area contributed by atoms with E-state index < -0.39 is 57.8 Å². The highest BCUT2D eigenvalue weighted by atomic mass is 31.2. The number of allylic oxidation sites excluding steroid dienone is 20. The average molecular weight is 1050 g/mol. The fourth-order valence-corrected chi connectivity index (χ4v) is 7.87. The quantitative estimate of drug-likeness (QED) is 0.0197. The molecule has 0 radical (unpaired) electrons. The number of aliphatic hydroxyl groups excluding tert-OH is 1. The van der Waals surface area contributed by atoms with Crippen LogP contribution in [-0.2, 0) is 42.2 Å². The van der Waals surface area contributed by atoms with Crippen LogP contribution >= 0.6 is 7.82 Å². The number of unbranched alkanes of at least 4 members (excludes halogenated alkanes) is 14. The Balaban J connectivity index is 4.89. The Morgan fingerprint density at radius 2 is 0.716 bits per heavy atom. The fourth-order valence-electron chi connectivity index (χ4n) is 7.08. The fraction of sp³-hybridized carbons (Fsp3) is 0.629. The van der Waals surface area contributed by atoms with E-state index in [2.05, 4.69) is 136 Å². The standard InChI is InChI=1S/C62H101O11P/c1-4-7-10-13-16-19-22-25-27-29-31-34-36-39-42-45-48-51-60(64)69-55-59(73-62(66)53-50-47-44-41-38-35-32-30-28-26-23-20-17-14-11-8-5-2)57-71-74(67,68)70-56-58(54-63)72-61(65)52-49-46-43-40-37-33-24-21-18-15-12-9-6-3/h7-8,10-11,16-17,19-21,24-28,31-32,34-35,39,42,58-59,63H,4-6,9,12-15,18,22-23,29-30,33,36-38,40-41,43-57H2,1-3H3,(H,67,68)/b10-7-,11-8-,19-16-,20-17-,24-21-,27-25-,28-26-,34-31-,35-32-,42-39-. The van der Waals surface area contributed by atoms with Gasteiger partial charge in [0.2, 0.25) is 0 Å². The summed E-state index contributed by atoms with van der Waals surface area (Å²) in [6.07, 6.45) is 67.3. The van der Waals surface area contributed by atoms with Crippen molar-refractivity contribution in [3.63, 3.8) is 0 Å². The molecule has 0 heterocycles. The van der Waals surface area contributed by atoms with E-state index in [1.807, 2.05) is 6.08 Å². The normalized spacial score (nSPS) is 14.3. The van der Waals surface area contributed by atoms with Crippen molar-refractivity contribution in [2.24, 2.45) is 0 Å². The van der Waals surface area contributed by atoms with Crippen molar-refractivity contribution in [1.29, 1.82) is 0 Å². The summed E-state index contributed by atoms with van der Waals surface area (Å²) in [5, 5.41) is 9.80. The van der Waals surface area contributed by atoms with Crippen molar-refractivity contribution in [2.45, 2.75) is 226 Å². The van der Waals surface area contributed by atoms with Crippen LogP contribution in [0.5, 0.6) is 0 Å². The molecule has 0 amide bonds. The van der Waals surface area contributed by atoms with Gasteiger partial charge in [0.1, 0.15) is 12.7 Å². The van der Waals surface area contributed by atoms with E-state index >= 15 is 0 Å². The first-order chi connectivity index (χ1) is 36.2. The third-order valence-electron chi connectivity index (χ3n) is 11.3. The highest BCUT2D eigenvalue weighted by Crippen LogP contribution is 2.43. The Morgan fingerprint density at radius 3 is 1.14 bits per heavy atom. The van der Waals surface area contributed by atoms with Crippen LogP contribution in [0.1, 0.15) is 213 Å². The molecule has 0 saturated carbocycles. The summed E-state index contributed by atoms with van der Waals surface area (Å²) in [5.74, 6) is -1.59. The van der Waals surface area contributed by atoms with Crippen LogP contribution in [0.2, 0.25) is 0 Å². The highest BCUT2D eigenvalue weighted by molar-refractivity contribution is 7.47. The predicted octanol–water partition coefficient (Wildman–Crippen LogP) is 16.8. The summed E-state index contributed by atoms with van der Waals surface area (Å²) in [6, 6.07) is 0. The van der Waals surface area contributed by atoms with Crippen LogP contribution < -0.4 is 0 Å². The number of phosphoric ester groups is 1. The van der Waals surface area contributed by atoms with Gasteiger partial charge in [-0.05, 0) is 122 Å². The highest BCUT2D eigenvalue weighted by Gasteiger charge is 2.28. The third-order valence-corrected chi connectivity index (χ3v) is 12.3. The number of hydrogen-bond donors (Lipinski definition) is 2. The van der Waals surface area contributed by atoms with Gasteiger partial charge < -0.3 is 24.2 Å². The number of carbonyl (C=O) groups excluding carboxylic acids is 3. The van der Waals surface area contributed by atoms with Gasteiger partial charge in [-0.15, -0.1) is 0 Å². The van der Waals surface area contributed by atoms with E-state index in [0.717, 1.165) is 122 Å². The molecule has 74 heavy (non-hydrogen) atoms. The van der Waals surface area contributed by atoms with Crippen LogP contribution in [0.15, 0.2) is 122 Å². The van der Waals surface area contributed by atoms with E-state index in [1.54, 1.807) is 0 Å². The molecule has 0 spiro atoms. The van der Waals surface area contributed by atoms with Crippen molar-refractivity contribution in [3.8, 4) is 0 Å². The Kier molecular flexibility index (Phi) is 52.1. The summed E-state index contributed by atoms with van der Waals surface area (Å²) in [5.41, 5.74) is 0. The molecule has 3 unspecified atom stereocenters. The molecule has 12 heteroatoms. The Hall–Kier alpha value is -4.12. The maximum Gasteiger partial charge on any atom is 0.472 e. The first kappa shape index (κ1) is 69.9. The van der Waals surface area contributed by atoms with Gasteiger partial charge in [-0.25, -0.2) is 4.57 Å². The second-order valence-electron chi connectivity index (χ2n) is 18.3. The van der Waals surface area contributed by atoms with E-state index in [-0.39, 0.29) is 25.9 Å². The first-order valence-corrected chi connectivity index (χ1v) is 29.9.